The Balaban J connectivity index is 2.97. The predicted octanol–water partition coefficient (Wildman–Crippen LogP) is 0.0315. The molecular weight excluding hydrogens is 144 g/mol. The van der Waals surface area contributed by atoms with Gasteiger partial charge in [-0.25, -0.2) is 9.95 Å². The van der Waals surface area contributed by atoms with Crippen molar-refractivity contribution in [1.82, 2.24) is 5.16 Å². The van der Waals surface area contributed by atoms with E-state index >= 15 is 0 Å². The average molecular weight is 156 g/mol. The molecule has 0 saturated heterocycles. The summed E-state index contributed by atoms with van der Waals surface area (Å²) in [6.45, 7) is 2.44. The van der Waals surface area contributed by atoms with Crippen LogP contribution < -0.4 is 11.4 Å². The van der Waals surface area contributed by atoms with Crippen molar-refractivity contribution in [3.63, 3.8) is 0 Å². The van der Waals surface area contributed by atoms with Crippen molar-refractivity contribution in [2.24, 2.45) is 5.73 Å². The monoisotopic (exact) mass is 156 g/mol. The number of aryl methyl sites for hydroxylation is 1. The lowest BCUT2D eigenvalue weighted by molar-refractivity contribution is 0.384. The first-order chi connectivity index (χ1) is 5.29. The molecular formula is C7H12N2O2. The van der Waals surface area contributed by atoms with E-state index in [1.165, 1.54) is 0 Å². The largest absolute Gasteiger partial charge is 0.360 e. The van der Waals surface area contributed by atoms with Gasteiger partial charge in [0.15, 0.2) is 0 Å². The Labute approximate surface area is 64.4 Å². The summed E-state index contributed by atoms with van der Waals surface area (Å²) in [7, 11) is 0. The van der Waals surface area contributed by atoms with Gasteiger partial charge in [-0.3, -0.25) is 0 Å². The highest BCUT2D eigenvalue weighted by Crippen LogP contribution is 2.01. The van der Waals surface area contributed by atoms with Crippen molar-refractivity contribution in [1.29, 1.82) is 0 Å². The van der Waals surface area contributed by atoms with Crippen LogP contribution in [0, 0.1) is 0 Å². The summed E-state index contributed by atoms with van der Waals surface area (Å²) in [4.78, 5) is 10.9. The summed E-state index contributed by atoms with van der Waals surface area (Å²) < 4.78 is 4.60. The molecule has 1 heterocycles. The number of rotatable bonds is 3. The zero-order valence-electron chi connectivity index (χ0n) is 6.52. The van der Waals surface area contributed by atoms with Gasteiger partial charge in [-0.2, -0.15) is 0 Å². The van der Waals surface area contributed by atoms with Crippen LogP contribution in [0.3, 0.4) is 0 Å². The van der Waals surface area contributed by atoms with E-state index in [0.717, 1.165) is 12.1 Å². The number of H-pyrrole nitrogens is 1. The molecule has 0 saturated carbocycles. The topological polar surface area (TPSA) is 72.0 Å². The predicted molar refractivity (Wildman–Crippen MR) is 41.5 cm³/mol. The summed E-state index contributed by atoms with van der Waals surface area (Å²) in [6.07, 6.45) is 1.37. The van der Waals surface area contributed by atoms with Gasteiger partial charge in [0.2, 0.25) is 0 Å². The van der Waals surface area contributed by atoms with E-state index in [4.69, 9.17) is 5.73 Å². The maximum absolute atomic E-state index is 10.9. The van der Waals surface area contributed by atoms with Crippen LogP contribution in [-0.2, 0) is 12.8 Å². The molecule has 0 unspecified atom stereocenters. The van der Waals surface area contributed by atoms with E-state index < -0.39 is 0 Å². The lowest BCUT2D eigenvalue weighted by atomic mass is 10.1. The maximum Gasteiger partial charge on any atom is 0.360 e. The van der Waals surface area contributed by atoms with Gasteiger partial charge in [-0.1, -0.05) is 6.92 Å². The lowest BCUT2D eigenvalue weighted by Crippen LogP contribution is -2.11. The number of nitrogens with one attached hydrogen (secondary N) is 1. The summed E-state index contributed by atoms with van der Waals surface area (Å²) in [5.74, 6) is 0. The van der Waals surface area contributed by atoms with Gasteiger partial charge in [0, 0.05) is 0 Å². The van der Waals surface area contributed by atoms with E-state index in [-0.39, 0.29) is 5.63 Å². The molecule has 0 aliphatic carbocycles. The molecule has 3 N–H and O–H groups in total. The van der Waals surface area contributed by atoms with Crippen molar-refractivity contribution < 1.29 is 4.52 Å². The van der Waals surface area contributed by atoms with Crippen LogP contribution in [0.4, 0.5) is 0 Å². The Morgan fingerprint density at radius 1 is 1.64 bits per heavy atom. The molecule has 0 aromatic carbocycles. The zero-order valence-corrected chi connectivity index (χ0v) is 6.52. The lowest BCUT2D eigenvalue weighted by Gasteiger charge is -1.92. The molecule has 0 aliphatic rings. The van der Waals surface area contributed by atoms with Gasteiger partial charge >= 0.3 is 5.63 Å². The highest BCUT2D eigenvalue weighted by Gasteiger charge is 2.08. The molecule has 1 rings (SSSR count). The van der Waals surface area contributed by atoms with Crippen LogP contribution in [-0.4, -0.2) is 11.7 Å². The van der Waals surface area contributed by atoms with E-state index in [9.17, 15) is 4.79 Å². The fraction of sp³-hybridized carbons (Fsp3) is 0.571. The van der Waals surface area contributed by atoms with E-state index in [1.54, 1.807) is 0 Å². The summed E-state index contributed by atoms with van der Waals surface area (Å²) in [5.41, 5.74) is 6.58. The number of hydrogen-bond donors (Lipinski definition) is 2. The molecule has 62 valence electrons. The Hall–Kier alpha value is -1.03. The van der Waals surface area contributed by atoms with E-state index in [0.29, 0.717) is 18.5 Å². The van der Waals surface area contributed by atoms with Gasteiger partial charge < -0.3 is 10.3 Å². The summed E-state index contributed by atoms with van der Waals surface area (Å²) in [6, 6.07) is 0. The third kappa shape index (κ3) is 1.51. The van der Waals surface area contributed by atoms with Crippen LogP contribution in [0.5, 0.6) is 0 Å². The van der Waals surface area contributed by atoms with E-state index in [1.807, 2.05) is 6.92 Å². The first-order valence-corrected chi connectivity index (χ1v) is 3.68. The molecule has 0 aliphatic heterocycles. The minimum atomic E-state index is -0.285. The van der Waals surface area contributed by atoms with Gasteiger partial charge in [0.1, 0.15) is 0 Å². The Morgan fingerprint density at radius 3 is 2.91 bits per heavy atom. The molecule has 4 nitrogen and oxygen atoms in total. The van der Waals surface area contributed by atoms with Crippen molar-refractivity contribution >= 4 is 0 Å². The highest BCUT2D eigenvalue weighted by atomic mass is 16.5. The third-order valence-electron chi connectivity index (χ3n) is 1.63. The smallest absolute Gasteiger partial charge is 0.339 e. The number of nitrogens with two attached hydrogens (primary N) is 1. The fourth-order valence-electron chi connectivity index (χ4n) is 1.04. The van der Waals surface area contributed by atoms with Gasteiger partial charge in [-0.05, 0) is 19.4 Å². The second-order valence-corrected chi connectivity index (χ2v) is 2.34. The third-order valence-corrected chi connectivity index (χ3v) is 1.63. The molecule has 0 radical (unpaired) electrons. The molecule has 1 aromatic rings. The van der Waals surface area contributed by atoms with Crippen LogP contribution in [0.1, 0.15) is 18.2 Å². The van der Waals surface area contributed by atoms with Gasteiger partial charge in [0.25, 0.3) is 0 Å². The molecule has 4 heteroatoms. The van der Waals surface area contributed by atoms with Crippen LogP contribution >= 0.6 is 0 Å². The Bertz CT molecular complexity index is 274. The molecule has 0 atom stereocenters. The standard InChI is InChI=1S/C7H12N2O2/c1-2-6-5(3-4-8)7(10)11-9-6/h9H,2-4,8H2,1H3. The first-order valence-electron chi connectivity index (χ1n) is 3.68. The van der Waals surface area contributed by atoms with Crippen LogP contribution in [0.2, 0.25) is 0 Å². The minimum absolute atomic E-state index is 0.285. The van der Waals surface area contributed by atoms with Crippen LogP contribution in [0.15, 0.2) is 9.32 Å². The molecule has 11 heavy (non-hydrogen) atoms. The maximum atomic E-state index is 10.9. The van der Waals surface area contributed by atoms with Crippen molar-refractivity contribution in [3.05, 3.63) is 21.7 Å². The summed E-state index contributed by atoms with van der Waals surface area (Å²) >= 11 is 0. The molecule has 1 aromatic heterocycles. The Morgan fingerprint density at radius 2 is 2.36 bits per heavy atom. The Kier molecular flexibility index (Phi) is 2.48. The fourth-order valence-corrected chi connectivity index (χ4v) is 1.04. The second-order valence-electron chi connectivity index (χ2n) is 2.34. The SMILES string of the molecule is CCc1[nH]oc(=O)c1CCN. The molecule has 0 amide bonds. The normalized spacial score (nSPS) is 10.4. The zero-order chi connectivity index (χ0) is 8.27. The van der Waals surface area contributed by atoms with Crippen molar-refractivity contribution in [2.45, 2.75) is 19.8 Å². The molecule has 0 bridgehead atoms. The quantitative estimate of drug-likeness (QED) is 0.648. The molecule has 0 spiro atoms. The second kappa shape index (κ2) is 3.39. The molecule has 0 fully saturated rings. The van der Waals surface area contributed by atoms with Crippen molar-refractivity contribution in [2.75, 3.05) is 6.54 Å². The van der Waals surface area contributed by atoms with E-state index in [2.05, 4.69) is 9.68 Å². The highest BCUT2D eigenvalue weighted by molar-refractivity contribution is 5.14. The van der Waals surface area contributed by atoms with Gasteiger partial charge in [0.05, 0.1) is 11.3 Å². The number of aromatic amines is 1. The van der Waals surface area contributed by atoms with Crippen molar-refractivity contribution in [3.8, 4) is 0 Å². The number of aromatic nitrogens is 1. The van der Waals surface area contributed by atoms with Crippen LogP contribution in [0.25, 0.3) is 0 Å². The minimum Gasteiger partial charge on any atom is -0.339 e. The first kappa shape index (κ1) is 8.07. The summed E-state index contributed by atoms with van der Waals surface area (Å²) in [5, 5.41) is 2.57. The number of hydrogen-bond acceptors (Lipinski definition) is 3. The van der Waals surface area contributed by atoms with Gasteiger partial charge in [-0.15, -0.1) is 0 Å². The average Bonchev–Trinajstić information content (AvgIpc) is 2.34.